The number of furan rings is 1. The molecule has 0 radical (unpaired) electrons. The van der Waals surface area contributed by atoms with Gasteiger partial charge in [-0.15, -0.1) is 0 Å². The van der Waals surface area contributed by atoms with Crippen molar-refractivity contribution in [3.8, 4) is 5.75 Å². The third-order valence-electron chi connectivity index (χ3n) is 4.05. The molecule has 3 N–H and O–H groups in total. The molecule has 1 heterocycles. The van der Waals surface area contributed by atoms with Crippen LogP contribution in [0.1, 0.15) is 23.0 Å². The highest BCUT2D eigenvalue weighted by Gasteiger charge is 2.07. The van der Waals surface area contributed by atoms with E-state index in [0.29, 0.717) is 30.2 Å². The number of carbonyl (C=O) groups is 2. The summed E-state index contributed by atoms with van der Waals surface area (Å²) in [5.74, 6) is 1.07. The van der Waals surface area contributed by atoms with Gasteiger partial charge in [0.05, 0.1) is 26.0 Å². The van der Waals surface area contributed by atoms with Crippen molar-refractivity contribution in [3.05, 3.63) is 78.3 Å². The molecule has 0 atom stereocenters. The van der Waals surface area contributed by atoms with E-state index in [1.807, 2.05) is 31.2 Å². The number of amides is 2. The summed E-state index contributed by atoms with van der Waals surface area (Å²) in [5.41, 5.74) is 1.94. The van der Waals surface area contributed by atoms with Crippen molar-refractivity contribution in [2.45, 2.75) is 13.5 Å². The van der Waals surface area contributed by atoms with Crippen LogP contribution in [0.2, 0.25) is 0 Å². The zero-order valence-electron chi connectivity index (χ0n) is 16.1. The van der Waals surface area contributed by atoms with E-state index in [1.165, 1.54) is 0 Å². The molecule has 0 bridgehead atoms. The van der Waals surface area contributed by atoms with Gasteiger partial charge in [0.2, 0.25) is 5.91 Å². The summed E-state index contributed by atoms with van der Waals surface area (Å²) in [5, 5.41) is 8.62. The van der Waals surface area contributed by atoms with E-state index in [-0.39, 0.29) is 18.4 Å². The highest BCUT2D eigenvalue weighted by atomic mass is 16.5. The fraction of sp³-hybridized carbons (Fsp3) is 0.182. The van der Waals surface area contributed by atoms with Crippen molar-refractivity contribution < 1.29 is 18.7 Å². The minimum atomic E-state index is -0.212. The van der Waals surface area contributed by atoms with Gasteiger partial charge in [-0.25, -0.2) is 0 Å². The molecule has 0 spiro atoms. The van der Waals surface area contributed by atoms with Crippen LogP contribution in [0, 0.1) is 0 Å². The third-order valence-corrected chi connectivity index (χ3v) is 4.05. The van der Waals surface area contributed by atoms with Gasteiger partial charge in [-0.2, -0.15) is 0 Å². The summed E-state index contributed by atoms with van der Waals surface area (Å²) in [6.45, 7) is 2.98. The minimum Gasteiger partial charge on any atom is -0.494 e. The largest absolute Gasteiger partial charge is 0.494 e. The summed E-state index contributed by atoms with van der Waals surface area (Å²) in [7, 11) is 0. The summed E-state index contributed by atoms with van der Waals surface area (Å²) in [6.07, 6.45) is 1.56. The zero-order chi connectivity index (χ0) is 20.5. The first-order valence-electron chi connectivity index (χ1n) is 9.31. The van der Waals surface area contributed by atoms with E-state index in [0.717, 1.165) is 11.4 Å². The summed E-state index contributed by atoms with van der Waals surface area (Å²) in [4.78, 5) is 24.3. The highest BCUT2D eigenvalue weighted by molar-refractivity contribution is 5.96. The molecule has 0 unspecified atom stereocenters. The van der Waals surface area contributed by atoms with E-state index in [9.17, 15) is 9.59 Å². The van der Waals surface area contributed by atoms with Crippen molar-refractivity contribution in [1.29, 1.82) is 0 Å². The number of carbonyl (C=O) groups excluding carboxylic acids is 2. The van der Waals surface area contributed by atoms with Crippen molar-refractivity contribution in [2.24, 2.45) is 0 Å². The minimum absolute atomic E-state index is 0.124. The van der Waals surface area contributed by atoms with Crippen LogP contribution in [0.5, 0.6) is 5.75 Å². The van der Waals surface area contributed by atoms with Crippen LogP contribution in [0.15, 0.2) is 71.3 Å². The second-order valence-electron chi connectivity index (χ2n) is 6.20. The molecule has 0 fully saturated rings. The standard InChI is InChI=1S/C22H23N3O4/c1-2-28-19-11-9-17(10-12-19)23-15-21(26)25-18-7-5-16(6-8-18)22(27)24-14-20-4-3-13-29-20/h3-13,23H,2,14-15H2,1H3,(H,24,27)(H,25,26). The van der Waals surface area contributed by atoms with Gasteiger partial charge in [0.25, 0.3) is 5.91 Å². The maximum Gasteiger partial charge on any atom is 0.251 e. The van der Waals surface area contributed by atoms with E-state index in [2.05, 4.69) is 16.0 Å². The number of nitrogens with one attached hydrogen (secondary N) is 3. The first-order chi connectivity index (χ1) is 14.1. The molecule has 2 aromatic carbocycles. The molecule has 2 amide bonds. The van der Waals surface area contributed by atoms with Crippen LogP contribution in [0.3, 0.4) is 0 Å². The Morgan fingerprint density at radius 3 is 2.34 bits per heavy atom. The first-order valence-corrected chi connectivity index (χ1v) is 9.31. The molecule has 0 aliphatic carbocycles. The Balaban J connectivity index is 1.44. The summed E-state index contributed by atoms with van der Waals surface area (Å²) < 4.78 is 10.6. The third kappa shape index (κ3) is 6.14. The molecule has 7 nitrogen and oxygen atoms in total. The Morgan fingerprint density at radius 2 is 1.69 bits per heavy atom. The Kier molecular flexibility index (Phi) is 6.89. The van der Waals surface area contributed by atoms with Gasteiger partial charge < -0.3 is 25.1 Å². The van der Waals surface area contributed by atoms with Crippen molar-refractivity contribution in [1.82, 2.24) is 5.32 Å². The number of rotatable bonds is 9. The number of benzene rings is 2. The van der Waals surface area contributed by atoms with E-state index in [1.54, 1.807) is 42.7 Å². The lowest BCUT2D eigenvalue weighted by molar-refractivity contribution is -0.114. The normalized spacial score (nSPS) is 10.2. The first kappa shape index (κ1) is 20.0. The van der Waals surface area contributed by atoms with E-state index >= 15 is 0 Å². The quantitative estimate of drug-likeness (QED) is 0.516. The van der Waals surface area contributed by atoms with Gasteiger partial charge in [-0.05, 0) is 67.6 Å². The summed E-state index contributed by atoms with van der Waals surface area (Å²) >= 11 is 0. The molecular weight excluding hydrogens is 370 g/mol. The Bertz CT molecular complexity index is 920. The number of anilines is 2. The lowest BCUT2D eigenvalue weighted by Crippen LogP contribution is -2.23. The van der Waals surface area contributed by atoms with Crippen molar-refractivity contribution in [3.63, 3.8) is 0 Å². The van der Waals surface area contributed by atoms with Gasteiger partial charge >= 0.3 is 0 Å². The molecule has 3 aromatic rings. The Labute approximate surface area is 169 Å². The van der Waals surface area contributed by atoms with Gasteiger partial charge in [-0.1, -0.05) is 0 Å². The zero-order valence-corrected chi connectivity index (χ0v) is 16.1. The topological polar surface area (TPSA) is 92.6 Å². The molecule has 150 valence electrons. The van der Waals surface area contributed by atoms with Gasteiger partial charge in [0.15, 0.2) is 0 Å². The fourth-order valence-corrected chi connectivity index (χ4v) is 2.61. The SMILES string of the molecule is CCOc1ccc(NCC(=O)Nc2ccc(C(=O)NCc3ccco3)cc2)cc1. The average molecular weight is 393 g/mol. The van der Waals surface area contributed by atoms with Gasteiger partial charge in [0.1, 0.15) is 11.5 Å². The maximum atomic E-state index is 12.1. The number of hydrogen-bond donors (Lipinski definition) is 3. The van der Waals surface area contributed by atoms with Gasteiger partial charge in [-0.3, -0.25) is 9.59 Å². The fourth-order valence-electron chi connectivity index (χ4n) is 2.61. The molecule has 0 aliphatic heterocycles. The Morgan fingerprint density at radius 1 is 0.966 bits per heavy atom. The van der Waals surface area contributed by atoms with Crippen LogP contribution in [-0.4, -0.2) is 25.0 Å². The van der Waals surface area contributed by atoms with Crippen LogP contribution in [-0.2, 0) is 11.3 Å². The van der Waals surface area contributed by atoms with Crippen molar-refractivity contribution in [2.75, 3.05) is 23.8 Å². The maximum absolute atomic E-state index is 12.1. The molecule has 3 rings (SSSR count). The molecule has 0 aliphatic rings. The smallest absolute Gasteiger partial charge is 0.251 e. The molecule has 0 saturated heterocycles. The van der Waals surface area contributed by atoms with E-state index in [4.69, 9.17) is 9.15 Å². The Hall–Kier alpha value is -3.74. The second-order valence-corrected chi connectivity index (χ2v) is 6.20. The van der Waals surface area contributed by atoms with E-state index < -0.39 is 0 Å². The van der Waals surface area contributed by atoms with Crippen LogP contribution in [0.25, 0.3) is 0 Å². The highest BCUT2D eigenvalue weighted by Crippen LogP contribution is 2.15. The monoisotopic (exact) mass is 393 g/mol. The molecule has 29 heavy (non-hydrogen) atoms. The molecule has 7 heteroatoms. The van der Waals surface area contributed by atoms with Gasteiger partial charge in [0, 0.05) is 16.9 Å². The number of hydrogen-bond acceptors (Lipinski definition) is 5. The number of ether oxygens (including phenoxy) is 1. The lowest BCUT2D eigenvalue weighted by atomic mass is 10.2. The lowest BCUT2D eigenvalue weighted by Gasteiger charge is -2.09. The van der Waals surface area contributed by atoms with Crippen LogP contribution < -0.4 is 20.7 Å². The molecule has 0 saturated carbocycles. The van der Waals surface area contributed by atoms with Crippen LogP contribution in [0.4, 0.5) is 11.4 Å². The predicted octanol–water partition coefficient (Wildman–Crippen LogP) is 3.66. The molecular formula is C22H23N3O4. The second kappa shape index (κ2) is 9.98. The average Bonchev–Trinajstić information content (AvgIpc) is 3.26. The predicted molar refractivity (Wildman–Crippen MR) is 111 cm³/mol. The van der Waals surface area contributed by atoms with Crippen molar-refractivity contribution >= 4 is 23.2 Å². The summed E-state index contributed by atoms with van der Waals surface area (Å²) in [6, 6.07) is 17.7. The molecule has 1 aromatic heterocycles. The van der Waals surface area contributed by atoms with Crippen LogP contribution >= 0.6 is 0 Å².